The Hall–Kier alpha value is -0.570. The normalized spacial score (nSPS) is 24.9. The summed E-state index contributed by atoms with van der Waals surface area (Å²) in [6.45, 7) is 7.63. The fraction of sp³-hybridized carbons (Fsp3) is 0.923. The molecule has 0 aliphatic carbocycles. The van der Waals surface area contributed by atoms with Crippen molar-refractivity contribution in [1.82, 2.24) is 4.90 Å². The predicted molar refractivity (Wildman–Crippen MR) is 65.1 cm³/mol. The molecule has 3 unspecified atom stereocenters. The highest BCUT2D eigenvalue weighted by Gasteiger charge is 2.30. The van der Waals surface area contributed by atoms with Crippen molar-refractivity contribution in [3.8, 4) is 0 Å². The van der Waals surface area contributed by atoms with E-state index in [1.807, 2.05) is 11.8 Å². The Balaban J connectivity index is 2.40. The second-order valence-corrected chi connectivity index (χ2v) is 5.11. The molecule has 0 spiro atoms. The smallest absolute Gasteiger partial charge is 0.223 e. The van der Waals surface area contributed by atoms with Gasteiger partial charge < -0.3 is 10.0 Å². The Morgan fingerprint density at radius 2 is 2.19 bits per heavy atom. The maximum Gasteiger partial charge on any atom is 0.223 e. The molecule has 1 heterocycles. The molecule has 1 fully saturated rings. The van der Waals surface area contributed by atoms with Crippen molar-refractivity contribution >= 4 is 5.91 Å². The Morgan fingerprint density at radius 1 is 1.50 bits per heavy atom. The lowest BCUT2D eigenvalue weighted by atomic mass is 10.0. The molecule has 1 amide bonds. The van der Waals surface area contributed by atoms with Crippen molar-refractivity contribution < 1.29 is 9.90 Å². The standard InChI is InChI=1S/C13H25NO2/c1-4-6-11-7-13(16)14(8-11)9-12(15)10(3)5-2/h10-12,15H,4-9H2,1-3H3. The first-order valence-electron chi connectivity index (χ1n) is 6.54. The summed E-state index contributed by atoms with van der Waals surface area (Å²) in [5.74, 6) is 1.01. The number of aliphatic hydroxyl groups excluding tert-OH is 1. The van der Waals surface area contributed by atoms with Gasteiger partial charge in [-0.25, -0.2) is 0 Å². The lowest BCUT2D eigenvalue weighted by Gasteiger charge is -2.24. The molecule has 1 aliphatic rings. The van der Waals surface area contributed by atoms with E-state index in [1.54, 1.807) is 0 Å². The number of amides is 1. The van der Waals surface area contributed by atoms with Crippen LogP contribution in [0.5, 0.6) is 0 Å². The van der Waals surface area contributed by atoms with Gasteiger partial charge in [0.15, 0.2) is 0 Å². The number of carbonyl (C=O) groups excluding carboxylic acids is 1. The average Bonchev–Trinajstić information content (AvgIpc) is 2.58. The molecular formula is C13H25NO2. The van der Waals surface area contributed by atoms with Gasteiger partial charge in [0.25, 0.3) is 0 Å². The molecule has 0 aromatic rings. The van der Waals surface area contributed by atoms with E-state index >= 15 is 0 Å². The van der Waals surface area contributed by atoms with Crippen molar-refractivity contribution in [3.05, 3.63) is 0 Å². The van der Waals surface area contributed by atoms with Crippen molar-refractivity contribution in [2.24, 2.45) is 11.8 Å². The Bertz CT molecular complexity index is 230. The Kier molecular flexibility index (Phi) is 5.26. The SMILES string of the molecule is CCCC1CC(=O)N(CC(O)C(C)CC)C1. The van der Waals surface area contributed by atoms with Crippen LogP contribution in [-0.4, -0.2) is 35.1 Å². The monoisotopic (exact) mass is 227 g/mol. The summed E-state index contributed by atoms with van der Waals surface area (Å²) in [5.41, 5.74) is 0. The number of hydrogen-bond acceptors (Lipinski definition) is 2. The summed E-state index contributed by atoms with van der Waals surface area (Å²) in [4.78, 5) is 13.6. The van der Waals surface area contributed by atoms with Crippen molar-refractivity contribution in [1.29, 1.82) is 0 Å². The van der Waals surface area contributed by atoms with Crippen molar-refractivity contribution in [2.75, 3.05) is 13.1 Å². The molecule has 0 bridgehead atoms. The van der Waals surface area contributed by atoms with E-state index in [9.17, 15) is 9.90 Å². The minimum atomic E-state index is -0.366. The fourth-order valence-corrected chi connectivity index (χ4v) is 2.31. The van der Waals surface area contributed by atoms with E-state index in [1.165, 1.54) is 0 Å². The molecule has 1 N–H and O–H groups in total. The van der Waals surface area contributed by atoms with Gasteiger partial charge in [0.05, 0.1) is 6.10 Å². The Labute approximate surface area is 98.8 Å². The molecule has 3 atom stereocenters. The van der Waals surface area contributed by atoms with Gasteiger partial charge in [0.1, 0.15) is 0 Å². The van der Waals surface area contributed by atoms with Gasteiger partial charge in [-0.15, -0.1) is 0 Å². The molecule has 3 nitrogen and oxygen atoms in total. The van der Waals surface area contributed by atoms with E-state index in [4.69, 9.17) is 0 Å². The summed E-state index contributed by atoms with van der Waals surface area (Å²) >= 11 is 0. The molecular weight excluding hydrogens is 202 g/mol. The van der Waals surface area contributed by atoms with Gasteiger partial charge >= 0.3 is 0 Å². The van der Waals surface area contributed by atoms with Crippen LogP contribution in [-0.2, 0) is 4.79 Å². The van der Waals surface area contributed by atoms with Crippen LogP contribution >= 0.6 is 0 Å². The first-order valence-corrected chi connectivity index (χ1v) is 6.54. The zero-order valence-corrected chi connectivity index (χ0v) is 10.8. The van der Waals surface area contributed by atoms with Crippen LogP contribution in [0.3, 0.4) is 0 Å². The minimum absolute atomic E-state index is 0.223. The zero-order valence-electron chi connectivity index (χ0n) is 10.8. The molecule has 0 aromatic carbocycles. The molecule has 1 rings (SSSR count). The highest BCUT2D eigenvalue weighted by atomic mass is 16.3. The van der Waals surface area contributed by atoms with Crippen LogP contribution in [0.25, 0.3) is 0 Å². The van der Waals surface area contributed by atoms with Gasteiger partial charge in [0, 0.05) is 19.5 Å². The third kappa shape index (κ3) is 3.48. The van der Waals surface area contributed by atoms with Gasteiger partial charge in [-0.1, -0.05) is 33.6 Å². The second-order valence-electron chi connectivity index (χ2n) is 5.11. The molecule has 0 aromatic heterocycles. The molecule has 0 radical (unpaired) electrons. The summed E-state index contributed by atoms with van der Waals surface area (Å²) in [7, 11) is 0. The maximum absolute atomic E-state index is 11.7. The van der Waals surface area contributed by atoms with Crippen LogP contribution in [0.15, 0.2) is 0 Å². The van der Waals surface area contributed by atoms with Gasteiger partial charge in [-0.2, -0.15) is 0 Å². The van der Waals surface area contributed by atoms with Crippen molar-refractivity contribution in [2.45, 2.75) is 52.6 Å². The van der Waals surface area contributed by atoms with Crippen LogP contribution in [0.1, 0.15) is 46.5 Å². The molecule has 94 valence electrons. The van der Waals surface area contributed by atoms with Crippen LogP contribution in [0.2, 0.25) is 0 Å². The Morgan fingerprint density at radius 3 is 2.75 bits per heavy atom. The number of aliphatic hydroxyl groups is 1. The lowest BCUT2D eigenvalue weighted by Crippen LogP contribution is -2.36. The summed E-state index contributed by atoms with van der Waals surface area (Å²) in [5, 5.41) is 9.92. The topological polar surface area (TPSA) is 40.5 Å². The zero-order chi connectivity index (χ0) is 12.1. The van der Waals surface area contributed by atoms with Gasteiger partial charge in [-0.3, -0.25) is 4.79 Å². The largest absolute Gasteiger partial charge is 0.391 e. The highest BCUT2D eigenvalue weighted by molar-refractivity contribution is 5.78. The summed E-state index contributed by atoms with van der Waals surface area (Å²) in [6.07, 6.45) is 3.54. The number of hydrogen-bond donors (Lipinski definition) is 1. The lowest BCUT2D eigenvalue weighted by molar-refractivity contribution is -0.129. The average molecular weight is 227 g/mol. The molecule has 1 saturated heterocycles. The first-order chi connectivity index (χ1) is 7.58. The number of likely N-dealkylation sites (tertiary alicyclic amines) is 1. The fourth-order valence-electron chi connectivity index (χ4n) is 2.31. The van der Waals surface area contributed by atoms with Crippen molar-refractivity contribution in [3.63, 3.8) is 0 Å². The van der Waals surface area contributed by atoms with Crippen LogP contribution in [0, 0.1) is 11.8 Å². The number of carbonyl (C=O) groups is 1. The van der Waals surface area contributed by atoms with E-state index in [0.717, 1.165) is 25.8 Å². The molecule has 3 heteroatoms. The minimum Gasteiger partial charge on any atom is -0.391 e. The molecule has 16 heavy (non-hydrogen) atoms. The van der Waals surface area contributed by atoms with Crippen LogP contribution in [0.4, 0.5) is 0 Å². The predicted octanol–water partition coefficient (Wildman–Crippen LogP) is 2.04. The maximum atomic E-state index is 11.7. The van der Waals surface area contributed by atoms with Gasteiger partial charge in [-0.05, 0) is 18.3 Å². The number of β-amino-alcohol motifs (C(OH)–C–C–N with tert-alkyl or cyclic N) is 1. The third-order valence-electron chi connectivity index (χ3n) is 3.70. The van der Waals surface area contributed by atoms with E-state index in [0.29, 0.717) is 18.9 Å². The second kappa shape index (κ2) is 6.24. The van der Waals surface area contributed by atoms with E-state index < -0.39 is 0 Å². The molecule has 1 aliphatic heterocycles. The number of rotatable bonds is 6. The molecule has 0 saturated carbocycles. The first kappa shape index (κ1) is 13.5. The highest BCUT2D eigenvalue weighted by Crippen LogP contribution is 2.23. The van der Waals surface area contributed by atoms with Crippen LogP contribution < -0.4 is 0 Å². The van der Waals surface area contributed by atoms with Gasteiger partial charge in [0.2, 0.25) is 5.91 Å². The quantitative estimate of drug-likeness (QED) is 0.754. The van der Waals surface area contributed by atoms with E-state index in [-0.39, 0.29) is 17.9 Å². The summed E-state index contributed by atoms with van der Waals surface area (Å²) < 4.78 is 0. The summed E-state index contributed by atoms with van der Waals surface area (Å²) in [6, 6.07) is 0. The van der Waals surface area contributed by atoms with E-state index in [2.05, 4.69) is 13.8 Å². The number of nitrogens with zero attached hydrogens (tertiary/aromatic N) is 1. The third-order valence-corrected chi connectivity index (χ3v) is 3.70.